The number of amides is 1. The fourth-order valence-corrected chi connectivity index (χ4v) is 2.99. The first kappa shape index (κ1) is 20.0. The topological polar surface area (TPSA) is 59.8 Å². The summed E-state index contributed by atoms with van der Waals surface area (Å²) in [6, 6.07) is 10.7. The zero-order valence-corrected chi connectivity index (χ0v) is 15.9. The summed E-state index contributed by atoms with van der Waals surface area (Å²) in [5.74, 6) is -1.63. The van der Waals surface area contributed by atoms with Gasteiger partial charge in [-0.2, -0.15) is 13.2 Å². The Hall–Kier alpha value is -2.75. The Morgan fingerprint density at radius 2 is 1.86 bits per heavy atom. The molecule has 0 spiro atoms. The quantitative estimate of drug-likeness (QED) is 0.579. The number of hydrogen-bond donors (Lipinski definition) is 1. The van der Waals surface area contributed by atoms with Crippen LogP contribution in [0.2, 0.25) is 0 Å². The molecular weight excluding hydrogens is 444 g/mol. The number of alkyl halides is 3. The van der Waals surface area contributed by atoms with Gasteiger partial charge in [0.15, 0.2) is 11.4 Å². The Balaban J connectivity index is 1.95. The van der Waals surface area contributed by atoms with Crippen LogP contribution in [0.1, 0.15) is 34.7 Å². The van der Waals surface area contributed by atoms with Crippen LogP contribution in [-0.2, 0) is 6.18 Å². The largest absolute Gasteiger partial charge is 0.435 e. The molecule has 0 radical (unpaired) electrons. The molecule has 1 unspecified atom stereocenters. The van der Waals surface area contributed by atoms with Crippen LogP contribution >= 0.6 is 15.9 Å². The monoisotopic (exact) mass is 456 g/mol. The molecule has 146 valence electrons. The van der Waals surface area contributed by atoms with Gasteiger partial charge in [0.05, 0.1) is 11.7 Å². The van der Waals surface area contributed by atoms with Gasteiger partial charge in [0.1, 0.15) is 5.82 Å². The number of hydrogen-bond acceptors (Lipinski definition) is 3. The summed E-state index contributed by atoms with van der Waals surface area (Å²) < 4.78 is 55.2. The van der Waals surface area contributed by atoms with E-state index in [0.29, 0.717) is 10.2 Å². The van der Waals surface area contributed by atoms with Crippen molar-refractivity contribution < 1.29 is 22.4 Å². The molecule has 0 aliphatic heterocycles. The van der Waals surface area contributed by atoms with Crippen LogP contribution in [0.15, 0.2) is 53.0 Å². The van der Waals surface area contributed by atoms with Crippen LogP contribution in [0.5, 0.6) is 0 Å². The minimum absolute atomic E-state index is 0.0692. The van der Waals surface area contributed by atoms with E-state index in [1.54, 1.807) is 31.2 Å². The molecule has 0 fully saturated rings. The maximum absolute atomic E-state index is 13.6. The van der Waals surface area contributed by atoms with Crippen LogP contribution < -0.4 is 5.32 Å². The summed E-state index contributed by atoms with van der Waals surface area (Å²) in [7, 11) is 0. The van der Waals surface area contributed by atoms with Crippen LogP contribution in [0.4, 0.5) is 17.6 Å². The molecule has 0 saturated heterocycles. The molecule has 2 aromatic carbocycles. The number of aromatic nitrogens is 3. The van der Waals surface area contributed by atoms with E-state index in [1.807, 2.05) is 0 Å². The smallest absolute Gasteiger partial charge is 0.344 e. The molecule has 10 heteroatoms. The van der Waals surface area contributed by atoms with Gasteiger partial charge in [0.25, 0.3) is 5.91 Å². The number of nitrogens with zero attached hydrogens (tertiary/aromatic N) is 3. The third kappa shape index (κ3) is 4.22. The van der Waals surface area contributed by atoms with Gasteiger partial charge >= 0.3 is 6.18 Å². The van der Waals surface area contributed by atoms with E-state index in [9.17, 15) is 22.4 Å². The Kier molecular flexibility index (Phi) is 5.50. The fourth-order valence-electron chi connectivity index (χ4n) is 2.58. The first-order chi connectivity index (χ1) is 13.2. The summed E-state index contributed by atoms with van der Waals surface area (Å²) in [5, 5.41) is 9.37. The predicted octanol–water partition coefficient (Wildman–Crippen LogP) is 4.68. The average Bonchev–Trinajstić information content (AvgIpc) is 3.08. The second kappa shape index (κ2) is 7.70. The molecule has 1 aromatic heterocycles. The van der Waals surface area contributed by atoms with Gasteiger partial charge in [0, 0.05) is 4.47 Å². The zero-order valence-electron chi connectivity index (χ0n) is 14.3. The number of halogens is 5. The number of rotatable bonds is 4. The molecule has 0 aliphatic rings. The highest BCUT2D eigenvalue weighted by atomic mass is 79.9. The molecule has 1 atom stereocenters. The summed E-state index contributed by atoms with van der Waals surface area (Å²) in [6.45, 7) is 1.64. The first-order valence-corrected chi connectivity index (χ1v) is 8.81. The van der Waals surface area contributed by atoms with E-state index in [4.69, 9.17) is 0 Å². The van der Waals surface area contributed by atoms with Gasteiger partial charge in [-0.15, -0.1) is 5.10 Å². The summed E-state index contributed by atoms with van der Waals surface area (Å²) in [4.78, 5) is 12.5. The van der Waals surface area contributed by atoms with Gasteiger partial charge < -0.3 is 5.32 Å². The Morgan fingerprint density at radius 1 is 1.18 bits per heavy atom. The molecule has 3 rings (SSSR count). The summed E-state index contributed by atoms with van der Waals surface area (Å²) >= 11 is 3.30. The Morgan fingerprint density at radius 3 is 2.46 bits per heavy atom. The van der Waals surface area contributed by atoms with E-state index < -0.39 is 35.3 Å². The number of carbonyl (C=O) groups is 1. The minimum Gasteiger partial charge on any atom is -0.344 e. The fraction of sp³-hybridized carbons (Fsp3) is 0.167. The lowest BCUT2D eigenvalue weighted by Crippen LogP contribution is -2.29. The second-order valence-electron chi connectivity index (χ2n) is 5.92. The highest BCUT2D eigenvalue weighted by Gasteiger charge is 2.42. The van der Waals surface area contributed by atoms with E-state index in [1.165, 1.54) is 0 Å². The van der Waals surface area contributed by atoms with Gasteiger partial charge in [-0.3, -0.25) is 4.79 Å². The SMILES string of the molecule is CC(NC(=O)c1nnn(-c2ccc(F)cc2)c1C(F)(F)F)c1cccc(Br)c1. The Labute approximate surface area is 165 Å². The van der Waals surface area contributed by atoms with Crippen molar-refractivity contribution in [3.05, 3.63) is 75.8 Å². The maximum Gasteiger partial charge on any atom is 0.435 e. The molecule has 0 bridgehead atoms. The normalized spacial score (nSPS) is 12.6. The lowest BCUT2D eigenvalue weighted by Gasteiger charge is -2.15. The maximum atomic E-state index is 13.6. The van der Waals surface area contributed by atoms with Crippen molar-refractivity contribution in [2.45, 2.75) is 19.1 Å². The van der Waals surface area contributed by atoms with Crippen LogP contribution in [0, 0.1) is 5.82 Å². The van der Waals surface area contributed by atoms with E-state index in [2.05, 4.69) is 31.6 Å². The van der Waals surface area contributed by atoms with Crippen molar-refractivity contribution >= 4 is 21.8 Å². The highest BCUT2D eigenvalue weighted by Crippen LogP contribution is 2.33. The average molecular weight is 457 g/mol. The second-order valence-corrected chi connectivity index (χ2v) is 6.84. The molecule has 1 amide bonds. The van der Waals surface area contributed by atoms with Crippen LogP contribution in [0.3, 0.4) is 0 Å². The van der Waals surface area contributed by atoms with Gasteiger partial charge in [-0.1, -0.05) is 33.3 Å². The lowest BCUT2D eigenvalue weighted by molar-refractivity contribution is -0.143. The minimum atomic E-state index is -4.90. The Bertz CT molecular complexity index is 1000. The molecule has 3 aromatic rings. The molecule has 5 nitrogen and oxygen atoms in total. The molecule has 1 N–H and O–H groups in total. The third-order valence-corrected chi connectivity index (χ3v) is 4.41. The van der Waals surface area contributed by atoms with Crippen molar-refractivity contribution in [2.24, 2.45) is 0 Å². The van der Waals surface area contributed by atoms with Gasteiger partial charge in [0.2, 0.25) is 0 Å². The summed E-state index contributed by atoms with van der Waals surface area (Å²) in [6.07, 6.45) is -4.90. The van der Waals surface area contributed by atoms with E-state index in [0.717, 1.165) is 28.7 Å². The molecule has 0 saturated carbocycles. The van der Waals surface area contributed by atoms with Crippen molar-refractivity contribution in [3.63, 3.8) is 0 Å². The molecule has 0 aliphatic carbocycles. The molecule has 28 heavy (non-hydrogen) atoms. The predicted molar refractivity (Wildman–Crippen MR) is 96.3 cm³/mol. The van der Waals surface area contributed by atoms with Crippen LogP contribution in [-0.4, -0.2) is 20.9 Å². The van der Waals surface area contributed by atoms with Crippen molar-refractivity contribution in [1.29, 1.82) is 0 Å². The molecule has 1 heterocycles. The number of carbonyl (C=O) groups excluding carboxylic acids is 1. The van der Waals surface area contributed by atoms with E-state index in [-0.39, 0.29) is 5.69 Å². The first-order valence-electron chi connectivity index (χ1n) is 8.02. The third-order valence-electron chi connectivity index (χ3n) is 3.92. The van der Waals surface area contributed by atoms with Gasteiger partial charge in [-0.05, 0) is 48.9 Å². The number of benzene rings is 2. The highest BCUT2D eigenvalue weighted by molar-refractivity contribution is 9.10. The van der Waals surface area contributed by atoms with Crippen molar-refractivity contribution in [3.8, 4) is 5.69 Å². The van der Waals surface area contributed by atoms with Crippen molar-refractivity contribution in [1.82, 2.24) is 20.3 Å². The van der Waals surface area contributed by atoms with Crippen molar-refractivity contribution in [2.75, 3.05) is 0 Å². The zero-order chi connectivity index (χ0) is 20.5. The standard InChI is InChI=1S/C18H13BrF4N4O/c1-10(11-3-2-4-12(19)9-11)24-17(28)15-16(18(21,22)23)27(26-25-15)14-7-5-13(20)6-8-14/h2-10H,1H3,(H,24,28). The lowest BCUT2D eigenvalue weighted by atomic mass is 10.1. The van der Waals surface area contributed by atoms with Gasteiger partial charge in [-0.25, -0.2) is 9.07 Å². The van der Waals surface area contributed by atoms with E-state index >= 15 is 0 Å². The summed E-state index contributed by atoms with van der Waals surface area (Å²) in [5.41, 5.74) is -1.57. The van der Waals surface area contributed by atoms with Crippen LogP contribution in [0.25, 0.3) is 5.69 Å². The number of nitrogens with one attached hydrogen (secondary N) is 1. The molecular formula is C18H13BrF4N4O.